The molecule has 2 aromatic rings. The molecule has 0 aliphatic heterocycles. The molecule has 0 unspecified atom stereocenters. The second kappa shape index (κ2) is 6.42. The summed E-state index contributed by atoms with van der Waals surface area (Å²) in [5, 5.41) is 8.90. The third kappa shape index (κ3) is 3.61. The molecule has 2 aromatic carbocycles. The van der Waals surface area contributed by atoms with Gasteiger partial charge in [-0.15, -0.1) is 0 Å². The quantitative estimate of drug-likeness (QED) is 0.870. The fraction of sp³-hybridized carbons (Fsp3) is 0.125. The first-order valence-corrected chi connectivity index (χ1v) is 7.10. The third-order valence-electron chi connectivity index (χ3n) is 3.07. The molecular weight excluding hydrogens is 330 g/mol. The van der Waals surface area contributed by atoms with Gasteiger partial charge in [0.05, 0.1) is 17.2 Å². The molecule has 0 aliphatic rings. The van der Waals surface area contributed by atoms with Crippen LogP contribution < -0.4 is 5.73 Å². The second-order valence-corrected chi connectivity index (χ2v) is 5.62. The third-order valence-corrected chi connectivity index (χ3v) is 3.56. The number of nitrogen functional groups attached to an aromatic ring is 1. The Labute approximate surface area is 131 Å². The van der Waals surface area contributed by atoms with Crippen molar-refractivity contribution >= 4 is 27.5 Å². The molecule has 21 heavy (non-hydrogen) atoms. The Hall–Kier alpha value is -2.32. The summed E-state index contributed by atoms with van der Waals surface area (Å²) in [5.41, 5.74) is 8.24. The minimum absolute atomic E-state index is 0.156. The first-order valence-electron chi connectivity index (χ1n) is 6.31. The lowest BCUT2D eigenvalue weighted by molar-refractivity contribution is 0.0786. The van der Waals surface area contributed by atoms with Gasteiger partial charge in [-0.05, 0) is 35.9 Å². The van der Waals surface area contributed by atoms with Crippen LogP contribution >= 0.6 is 15.9 Å². The van der Waals surface area contributed by atoms with E-state index in [4.69, 9.17) is 11.0 Å². The number of rotatable bonds is 3. The summed E-state index contributed by atoms with van der Waals surface area (Å²) >= 11 is 3.34. The predicted octanol–water partition coefficient (Wildman–Crippen LogP) is 3.18. The normalized spacial score (nSPS) is 9.95. The lowest BCUT2D eigenvalue weighted by Crippen LogP contribution is -2.27. The fourth-order valence-electron chi connectivity index (χ4n) is 2.00. The van der Waals surface area contributed by atoms with Gasteiger partial charge in [0.15, 0.2) is 0 Å². The van der Waals surface area contributed by atoms with Gasteiger partial charge in [-0.25, -0.2) is 0 Å². The highest BCUT2D eigenvalue weighted by atomic mass is 79.9. The summed E-state index contributed by atoms with van der Waals surface area (Å²) in [6, 6.07) is 14.5. The van der Waals surface area contributed by atoms with E-state index in [0.29, 0.717) is 23.4 Å². The Bertz CT molecular complexity index is 722. The molecule has 106 valence electrons. The highest BCUT2D eigenvalue weighted by Crippen LogP contribution is 2.20. The molecule has 0 bridgehead atoms. The molecule has 4 nitrogen and oxygen atoms in total. The topological polar surface area (TPSA) is 70.1 Å². The zero-order valence-electron chi connectivity index (χ0n) is 11.5. The van der Waals surface area contributed by atoms with Crippen molar-refractivity contribution in [2.45, 2.75) is 6.54 Å². The van der Waals surface area contributed by atoms with Crippen LogP contribution in [0, 0.1) is 11.3 Å². The van der Waals surface area contributed by atoms with E-state index in [-0.39, 0.29) is 5.91 Å². The lowest BCUT2D eigenvalue weighted by atomic mass is 10.1. The van der Waals surface area contributed by atoms with Crippen molar-refractivity contribution in [1.82, 2.24) is 4.90 Å². The van der Waals surface area contributed by atoms with Crippen molar-refractivity contribution < 1.29 is 4.79 Å². The Morgan fingerprint density at radius 3 is 2.81 bits per heavy atom. The monoisotopic (exact) mass is 343 g/mol. The highest BCUT2D eigenvalue weighted by molar-refractivity contribution is 9.10. The van der Waals surface area contributed by atoms with Crippen molar-refractivity contribution in [1.29, 1.82) is 5.26 Å². The first kappa shape index (κ1) is 15.1. The number of nitrogens with two attached hydrogens (primary N) is 1. The number of carbonyl (C=O) groups excluding carboxylic acids is 1. The molecule has 0 heterocycles. The first-order chi connectivity index (χ1) is 10.0. The number of nitrogens with zero attached hydrogens (tertiary/aromatic N) is 2. The van der Waals surface area contributed by atoms with Crippen LogP contribution in [-0.2, 0) is 6.54 Å². The molecule has 0 atom stereocenters. The summed E-state index contributed by atoms with van der Waals surface area (Å²) in [7, 11) is 1.71. The number of amides is 1. The summed E-state index contributed by atoms with van der Waals surface area (Å²) in [6.45, 7) is 0.417. The molecule has 0 saturated heterocycles. The minimum atomic E-state index is -0.156. The largest absolute Gasteiger partial charge is 0.398 e. The highest BCUT2D eigenvalue weighted by Gasteiger charge is 2.15. The van der Waals surface area contributed by atoms with Gasteiger partial charge >= 0.3 is 0 Å². The van der Waals surface area contributed by atoms with Gasteiger partial charge in [0.2, 0.25) is 0 Å². The number of hydrogen-bond acceptors (Lipinski definition) is 3. The van der Waals surface area contributed by atoms with Gasteiger partial charge in [-0.3, -0.25) is 4.79 Å². The maximum absolute atomic E-state index is 12.4. The average Bonchev–Trinajstić information content (AvgIpc) is 2.49. The molecule has 5 heteroatoms. The van der Waals surface area contributed by atoms with Gasteiger partial charge in [0.1, 0.15) is 0 Å². The summed E-state index contributed by atoms with van der Waals surface area (Å²) in [4.78, 5) is 14.0. The second-order valence-electron chi connectivity index (χ2n) is 4.70. The van der Waals surface area contributed by atoms with Crippen molar-refractivity contribution in [2.75, 3.05) is 12.8 Å². The van der Waals surface area contributed by atoms with Crippen LogP contribution in [0.4, 0.5) is 5.69 Å². The molecule has 0 aromatic heterocycles. The maximum Gasteiger partial charge on any atom is 0.256 e. The molecule has 0 fully saturated rings. The zero-order chi connectivity index (χ0) is 15.4. The minimum Gasteiger partial charge on any atom is -0.398 e. The molecule has 0 spiro atoms. The van der Waals surface area contributed by atoms with Crippen LogP contribution in [0.5, 0.6) is 0 Å². The lowest BCUT2D eigenvalue weighted by Gasteiger charge is -2.18. The summed E-state index contributed by atoms with van der Waals surface area (Å²) in [6.07, 6.45) is 0. The van der Waals surface area contributed by atoms with E-state index in [9.17, 15) is 4.79 Å². The van der Waals surface area contributed by atoms with Crippen LogP contribution in [0.2, 0.25) is 0 Å². The standard InChI is InChI=1S/C16H14BrN3O/c1-20(10-12-4-2-3-11(7-12)9-18)16(21)14-8-13(17)5-6-15(14)19/h2-8H,10,19H2,1H3. The van der Waals surface area contributed by atoms with Crippen molar-refractivity contribution in [3.05, 3.63) is 63.6 Å². The number of anilines is 1. The van der Waals surface area contributed by atoms with Gasteiger partial charge in [-0.1, -0.05) is 28.1 Å². The van der Waals surface area contributed by atoms with Gasteiger partial charge in [0, 0.05) is 23.8 Å². The maximum atomic E-state index is 12.4. The van der Waals surface area contributed by atoms with E-state index in [0.717, 1.165) is 10.0 Å². The van der Waals surface area contributed by atoms with Crippen LogP contribution in [0.15, 0.2) is 46.9 Å². The Morgan fingerprint density at radius 1 is 1.33 bits per heavy atom. The van der Waals surface area contributed by atoms with Crippen molar-refractivity contribution in [2.24, 2.45) is 0 Å². The SMILES string of the molecule is CN(Cc1cccc(C#N)c1)C(=O)c1cc(Br)ccc1N. The van der Waals surface area contributed by atoms with Crippen molar-refractivity contribution in [3.8, 4) is 6.07 Å². The number of benzene rings is 2. The van der Waals surface area contributed by atoms with Crippen LogP contribution in [0.3, 0.4) is 0 Å². The average molecular weight is 344 g/mol. The van der Waals surface area contributed by atoms with E-state index < -0.39 is 0 Å². The molecule has 1 amide bonds. The van der Waals surface area contributed by atoms with Gasteiger partial charge in [-0.2, -0.15) is 5.26 Å². The zero-order valence-corrected chi connectivity index (χ0v) is 13.1. The van der Waals surface area contributed by atoms with E-state index in [1.54, 1.807) is 48.3 Å². The summed E-state index contributed by atoms with van der Waals surface area (Å²) < 4.78 is 0.805. The van der Waals surface area contributed by atoms with E-state index >= 15 is 0 Å². The molecule has 2 rings (SSSR count). The van der Waals surface area contributed by atoms with Crippen LogP contribution in [-0.4, -0.2) is 17.9 Å². The van der Waals surface area contributed by atoms with Gasteiger partial charge in [0.25, 0.3) is 5.91 Å². The number of nitriles is 1. The Balaban J connectivity index is 2.19. The van der Waals surface area contributed by atoms with E-state index in [1.807, 2.05) is 6.07 Å². The van der Waals surface area contributed by atoms with Crippen LogP contribution in [0.25, 0.3) is 0 Å². The van der Waals surface area contributed by atoms with Crippen LogP contribution in [0.1, 0.15) is 21.5 Å². The number of halogens is 1. The molecule has 0 aliphatic carbocycles. The smallest absolute Gasteiger partial charge is 0.256 e. The number of hydrogen-bond donors (Lipinski definition) is 1. The molecule has 0 radical (unpaired) electrons. The molecule has 0 saturated carbocycles. The predicted molar refractivity (Wildman–Crippen MR) is 85.5 cm³/mol. The molecular formula is C16H14BrN3O. The Kier molecular flexibility index (Phi) is 4.61. The van der Waals surface area contributed by atoms with E-state index in [2.05, 4.69) is 22.0 Å². The fourth-order valence-corrected chi connectivity index (χ4v) is 2.37. The molecule has 2 N–H and O–H groups in total. The summed E-state index contributed by atoms with van der Waals surface area (Å²) in [5.74, 6) is -0.156. The number of carbonyl (C=O) groups is 1. The Morgan fingerprint density at radius 2 is 2.10 bits per heavy atom. The van der Waals surface area contributed by atoms with E-state index in [1.165, 1.54) is 0 Å². The van der Waals surface area contributed by atoms with Gasteiger partial charge < -0.3 is 10.6 Å². The van der Waals surface area contributed by atoms with Crippen molar-refractivity contribution in [3.63, 3.8) is 0 Å².